The van der Waals surface area contributed by atoms with Gasteiger partial charge in [-0.05, 0) is 43.0 Å². The molecule has 1 aliphatic carbocycles. The molecular formula is C15H22N2O3S. The van der Waals surface area contributed by atoms with Gasteiger partial charge in [0.15, 0.2) is 0 Å². The average Bonchev–Trinajstić information content (AvgIpc) is 2.46. The Labute approximate surface area is 126 Å². The number of amides is 1. The predicted molar refractivity (Wildman–Crippen MR) is 81.3 cm³/mol. The van der Waals surface area contributed by atoms with Crippen LogP contribution in [0.4, 0.5) is 0 Å². The van der Waals surface area contributed by atoms with Gasteiger partial charge in [-0.2, -0.15) is 0 Å². The van der Waals surface area contributed by atoms with Gasteiger partial charge < -0.3 is 5.32 Å². The van der Waals surface area contributed by atoms with Crippen molar-refractivity contribution in [2.45, 2.75) is 50.0 Å². The fraction of sp³-hybridized carbons (Fsp3) is 0.533. The van der Waals surface area contributed by atoms with Gasteiger partial charge in [0, 0.05) is 11.6 Å². The number of primary sulfonamides is 1. The van der Waals surface area contributed by atoms with E-state index in [0.717, 1.165) is 25.7 Å². The monoisotopic (exact) mass is 310 g/mol. The maximum absolute atomic E-state index is 12.2. The van der Waals surface area contributed by atoms with Crippen molar-refractivity contribution in [2.24, 2.45) is 11.1 Å². The van der Waals surface area contributed by atoms with Crippen molar-refractivity contribution in [1.29, 1.82) is 0 Å². The summed E-state index contributed by atoms with van der Waals surface area (Å²) in [7, 11) is -3.71. The first-order valence-corrected chi connectivity index (χ1v) is 8.88. The first-order valence-electron chi connectivity index (χ1n) is 7.34. The minimum atomic E-state index is -3.71. The van der Waals surface area contributed by atoms with E-state index < -0.39 is 10.0 Å². The van der Waals surface area contributed by atoms with Gasteiger partial charge in [-0.3, -0.25) is 4.79 Å². The Morgan fingerprint density at radius 1 is 1.29 bits per heavy atom. The number of carbonyl (C=O) groups is 1. The topological polar surface area (TPSA) is 89.3 Å². The van der Waals surface area contributed by atoms with Gasteiger partial charge in [-0.15, -0.1) is 0 Å². The number of nitrogens with one attached hydrogen (secondary N) is 1. The fourth-order valence-electron chi connectivity index (χ4n) is 2.86. The van der Waals surface area contributed by atoms with Crippen LogP contribution in [0.2, 0.25) is 0 Å². The Morgan fingerprint density at radius 2 is 1.95 bits per heavy atom. The summed E-state index contributed by atoms with van der Waals surface area (Å²) in [5.74, 6) is 0.534. The smallest absolute Gasteiger partial charge is 0.251 e. The number of carbonyl (C=O) groups excluding carboxylic acids is 1. The van der Waals surface area contributed by atoms with Crippen LogP contribution < -0.4 is 10.5 Å². The van der Waals surface area contributed by atoms with Gasteiger partial charge in [0.05, 0.1) is 4.90 Å². The molecular weight excluding hydrogens is 288 g/mol. The molecule has 0 bridgehead atoms. The summed E-state index contributed by atoms with van der Waals surface area (Å²) >= 11 is 0. The van der Waals surface area contributed by atoms with E-state index in [2.05, 4.69) is 12.2 Å². The summed E-state index contributed by atoms with van der Waals surface area (Å²) < 4.78 is 22.4. The van der Waals surface area contributed by atoms with Crippen molar-refractivity contribution in [3.05, 3.63) is 29.8 Å². The van der Waals surface area contributed by atoms with Crippen LogP contribution in [0.25, 0.3) is 0 Å². The van der Waals surface area contributed by atoms with Gasteiger partial charge in [0.2, 0.25) is 10.0 Å². The quantitative estimate of drug-likeness (QED) is 0.891. The predicted octanol–water partition coefficient (Wildman–Crippen LogP) is 2.03. The summed E-state index contributed by atoms with van der Waals surface area (Å²) in [6, 6.07) is 5.93. The molecule has 116 valence electrons. The fourth-order valence-corrected chi connectivity index (χ4v) is 3.37. The van der Waals surface area contributed by atoms with E-state index in [0.29, 0.717) is 11.5 Å². The summed E-state index contributed by atoms with van der Waals surface area (Å²) in [6.45, 7) is 2.18. The lowest BCUT2D eigenvalue weighted by atomic mass is 9.84. The van der Waals surface area contributed by atoms with E-state index in [1.807, 2.05) is 0 Å². The third kappa shape index (κ3) is 4.28. The number of sulfonamides is 1. The maximum Gasteiger partial charge on any atom is 0.251 e. The first-order chi connectivity index (χ1) is 9.90. The zero-order valence-corrected chi connectivity index (χ0v) is 13.0. The average molecular weight is 310 g/mol. The Hall–Kier alpha value is -1.40. The SMILES string of the molecule is CCC1CCCC(NC(=O)c2ccc(S(N)(=O)=O)cc2)C1. The number of hydrogen-bond acceptors (Lipinski definition) is 3. The molecule has 1 aliphatic rings. The lowest BCUT2D eigenvalue weighted by Crippen LogP contribution is -2.38. The molecule has 5 nitrogen and oxygen atoms in total. The molecule has 0 heterocycles. The summed E-state index contributed by atoms with van der Waals surface area (Å²) in [5.41, 5.74) is 0.459. The molecule has 6 heteroatoms. The highest BCUT2D eigenvalue weighted by Gasteiger charge is 2.22. The number of hydrogen-bond donors (Lipinski definition) is 2. The van der Waals surface area contributed by atoms with Gasteiger partial charge in [0.1, 0.15) is 0 Å². The summed E-state index contributed by atoms with van der Waals surface area (Å²) in [4.78, 5) is 12.2. The third-order valence-corrected chi connectivity index (χ3v) is 5.07. The highest BCUT2D eigenvalue weighted by molar-refractivity contribution is 7.89. The molecule has 1 fully saturated rings. The van der Waals surface area contributed by atoms with Gasteiger partial charge in [-0.25, -0.2) is 13.6 Å². The standard InChI is InChI=1S/C15H22N2O3S/c1-2-11-4-3-5-13(10-11)17-15(18)12-6-8-14(9-7-12)21(16,19)20/h6-9,11,13H,2-5,10H2,1H3,(H,17,18)(H2,16,19,20). The van der Waals surface area contributed by atoms with Crippen LogP contribution in [0.5, 0.6) is 0 Å². The van der Waals surface area contributed by atoms with E-state index in [1.54, 1.807) is 0 Å². The van der Waals surface area contributed by atoms with Crippen LogP contribution in [0.15, 0.2) is 29.2 Å². The van der Waals surface area contributed by atoms with Crippen LogP contribution in [0.1, 0.15) is 49.4 Å². The molecule has 0 saturated heterocycles. The second-order valence-corrected chi connectivity index (χ2v) is 7.24. The van der Waals surface area contributed by atoms with Gasteiger partial charge >= 0.3 is 0 Å². The van der Waals surface area contributed by atoms with E-state index in [-0.39, 0.29) is 16.8 Å². The van der Waals surface area contributed by atoms with E-state index >= 15 is 0 Å². The Bertz CT molecular complexity index is 596. The molecule has 1 saturated carbocycles. The Kier molecular flexibility index (Phi) is 5.00. The third-order valence-electron chi connectivity index (χ3n) is 4.14. The van der Waals surface area contributed by atoms with Crippen molar-refractivity contribution in [2.75, 3.05) is 0 Å². The molecule has 1 aromatic carbocycles. The number of nitrogens with two attached hydrogens (primary N) is 1. The number of rotatable bonds is 4. The molecule has 0 aliphatic heterocycles. The summed E-state index contributed by atoms with van der Waals surface area (Å²) in [5, 5.41) is 8.07. The first kappa shape index (κ1) is 16.0. The molecule has 0 aromatic heterocycles. The molecule has 2 unspecified atom stereocenters. The van der Waals surface area contributed by atoms with E-state index in [1.165, 1.54) is 30.7 Å². The van der Waals surface area contributed by atoms with Crippen LogP contribution in [0, 0.1) is 5.92 Å². The zero-order valence-electron chi connectivity index (χ0n) is 12.2. The van der Waals surface area contributed by atoms with Crippen LogP contribution in [0.3, 0.4) is 0 Å². The van der Waals surface area contributed by atoms with Crippen molar-refractivity contribution in [1.82, 2.24) is 5.32 Å². The normalized spacial score (nSPS) is 22.8. The highest BCUT2D eigenvalue weighted by atomic mass is 32.2. The molecule has 3 N–H and O–H groups in total. The van der Waals surface area contributed by atoms with E-state index in [4.69, 9.17) is 5.14 Å². The molecule has 1 aromatic rings. The lowest BCUT2D eigenvalue weighted by molar-refractivity contribution is 0.0919. The van der Waals surface area contributed by atoms with Crippen molar-refractivity contribution in [3.63, 3.8) is 0 Å². The molecule has 21 heavy (non-hydrogen) atoms. The Morgan fingerprint density at radius 3 is 2.52 bits per heavy atom. The molecule has 0 radical (unpaired) electrons. The second-order valence-electron chi connectivity index (χ2n) is 5.68. The second kappa shape index (κ2) is 6.58. The molecule has 2 atom stereocenters. The number of benzene rings is 1. The molecule has 0 spiro atoms. The maximum atomic E-state index is 12.2. The van der Waals surface area contributed by atoms with Crippen molar-refractivity contribution < 1.29 is 13.2 Å². The van der Waals surface area contributed by atoms with Gasteiger partial charge in [0.25, 0.3) is 5.91 Å². The van der Waals surface area contributed by atoms with Crippen LogP contribution in [-0.4, -0.2) is 20.4 Å². The zero-order chi connectivity index (χ0) is 15.5. The van der Waals surface area contributed by atoms with Gasteiger partial charge in [-0.1, -0.05) is 26.2 Å². The van der Waals surface area contributed by atoms with Crippen molar-refractivity contribution in [3.8, 4) is 0 Å². The van der Waals surface area contributed by atoms with Crippen molar-refractivity contribution >= 4 is 15.9 Å². The molecule has 1 amide bonds. The Balaban J connectivity index is 2.00. The van der Waals surface area contributed by atoms with Crippen LogP contribution in [-0.2, 0) is 10.0 Å². The summed E-state index contributed by atoms with van der Waals surface area (Å²) in [6.07, 6.45) is 5.57. The molecule has 2 rings (SSSR count). The van der Waals surface area contributed by atoms with E-state index in [9.17, 15) is 13.2 Å². The minimum Gasteiger partial charge on any atom is -0.349 e. The lowest BCUT2D eigenvalue weighted by Gasteiger charge is -2.29. The minimum absolute atomic E-state index is 0.0164. The largest absolute Gasteiger partial charge is 0.349 e. The van der Waals surface area contributed by atoms with Crippen LogP contribution >= 0.6 is 0 Å². The highest BCUT2D eigenvalue weighted by Crippen LogP contribution is 2.26.